The smallest absolute Gasteiger partial charge is 0.225 e. The fourth-order valence-electron chi connectivity index (χ4n) is 3.88. The molecule has 0 saturated carbocycles. The van der Waals surface area contributed by atoms with Crippen molar-refractivity contribution in [3.63, 3.8) is 0 Å². The Kier molecular flexibility index (Phi) is 4.06. The molecule has 1 unspecified atom stereocenters. The molecule has 1 amide bonds. The third-order valence-corrected chi connectivity index (χ3v) is 5.29. The molecule has 8 heteroatoms. The van der Waals surface area contributed by atoms with E-state index in [0.717, 1.165) is 11.3 Å². The lowest BCUT2D eigenvalue weighted by molar-refractivity contribution is -0.116. The predicted molar refractivity (Wildman–Crippen MR) is 110 cm³/mol. The summed E-state index contributed by atoms with van der Waals surface area (Å²) in [5.74, 6) is -1.04. The molecule has 1 aromatic heterocycles. The Balaban J connectivity index is 1.72. The normalized spacial score (nSPS) is 15.6. The number of benzene rings is 3. The molecule has 150 valence electrons. The number of phenolic OH excluding ortho intramolecular Hbond substituents is 2. The van der Waals surface area contributed by atoms with E-state index in [1.54, 1.807) is 10.9 Å². The fraction of sp³-hybridized carbons (Fsp3) is 0.136. The summed E-state index contributed by atoms with van der Waals surface area (Å²) in [5, 5.41) is 32.3. The summed E-state index contributed by atoms with van der Waals surface area (Å²) >= 11 is 0. The van der Waals surface area contributed by atoms with Crippen molar-refractivity contribution in [1.82, 2.24) is 15.0 Å². The van der Waals surface area contributed by atoms with Gasteiger partial charge in [-0.1, -0.05) is 18.2 Å². The van der Waals surface area contributed by atoms with Crippen molar-refractivity contribution in [2.45, 2.75) is 12.3 Å². The number of methoxy groups -OCH3 is 1. The summed E-state index contributed by atoms with van der Waals surface area (Å²) in [5.41, 5.74) is 4.27. The van der Waals surface area contributed by atoms with E-state index < -0.39 is 5.92 Å². The van der Waals surface area contributed by atoms with E-state index in [-0.39, 0.29) is 29.6 Å². The number of hydrogen-bond donors (Lipinski definition) is 3. The lowest BCUT2D eigenvalue weighted by Gasteiger charge is -2.26. The standard InChI is InChI=1S/C22H18N4O4/c1-30-18-10-12(9-17(27)22(18)29)14-11-19(28)23-15-7-8-16-21(20(14)15)25-26(24-16)13-5-3-2-4-6-13/h2-10,14,27,29H,11H2,1H3,(H,23,28). The molecule has 1 atom stereocenters. The monoisotopic (exact) mass is 402 g/mol. The van der Waals surface area contributed by atoms with Crippen molar-refractivity contribution in [3.8, 4) is 22.9 Å². The van der Waals surface area contributed by atoms with Gasteiger partial charge in [0.15, 0.2) is 11.5 Å². The second kappa shape index (κ2) is 6.77. The van der Waals surface area contributed by atoms with Gasteiger partial charge in [0, 0.05) is 23.6 Å². The number of rotatable bonds is 3. The van der Waals surface area contributed by atoms with Crippen molar-refractivity contribution in [2.75, 3.05) is 12.4 Å². The van der Waals surface area contributed by atoms with Crippen LogP contribution in [0.2, 0.25) is 0 Å². The second-order valence-corrected chi connectivity index (χ2v) is 7.12. The van der Waals surface area contributed by atoms with E-state index in [1.807, 2.05) is 42.5 Å². The molecule has 0 saturated heterocycles. The highest BCUT2D eigenvalue weighted by molar-refractivity contribution is 6.00. The molecule has 3 aromatic carbocycles. The van der Waals surface area contributed by atoms with Gasteiger partial charge in [-0.25, -0.2) is 0 Å². The minimum absolute atomic E-state index is 0.137. The van der Waals surface area contributed by atoms with Crippen LogP contribution in [0.3, 0.4) is 0 Å². The summed E-state index contributed by atoms with van der Waals surface area (Å²) in [6, 6.07) is 16.3. The SMILES string of the molecule is COc1cc(C2CC(=O)Nc3ccc4nn(-c5ccccc5)nc4c32)cc(O)c1O. The fourth-order valence-corrected chi connectivity index (χ4v) is 3.88. The molecule has 3 N–H and O–H groups in total. The van der Waals surface area contributed by atoms with Gasteiger partial charge in [-0.05, 0) is 42.0 Å². The van der Waals surface area contributed by atoms with Gasteiger partial charge in [-0.2, -0.15) is 4.80 Å². The second-order valence-electron chi connectivity index (χ2n) is 7.12. The lowest BCUT2D eigenvalue weighted by Crippen LogP contribution is -2.23. The van der Waals surface area contributed by atoms with Crippen LogP contribution >= 0.6 is 0 Å². The number of fused-ring (bicyclic) bond motifs is 3. The van der Waals surface area contributed by atoms with E-state index in [1.165, 1.54) is 13.2 Å². The largest absolute Gasteiger partial charge is 0.504 e. The van der Waals surface area contributed by atoms with Crippen LogP contribution in [0.1, 0.15) is 23.5 Å². The Labute approximate surface area is 171 Å². The zero-order valence-electron chi connectivity index (χ0n) is 16.0. The number of carbonyl (C=O) groups excluding carboxylic acids is 1. The van der Waals surface area contributed by atoms with Crippen molar-refractivity contribution in [2.24, 2.45) is 0 Å². The molecule has 8 nitrogen and oxygen atoms in total. The van der Waals surface area contributed by atoms with Crippen LogP contribution in [0.4, 0.5) is 5.69 Å². The zero-order chi connectivity index (χ0) is 20.8. The predicted octanol–water partition coefficient (Wildman–Crippen LogP) is 3.31. The van der Waals surface area contributed by atoms with Gasteiger partial charge in [0.2, 0.25) is 11.7 Å². The molecule has 5 rings (SSSR count). The highest BCUT2D eigenvalue weighted by Crippen LogP contribution is 2.45. The summed E-state index contributed by atoms with van der Waals surface area (Å²) in [6.45, 7) is 0. The van der Waals surface area contributed by atoms with E-state index in [0.29, 0.717) is 22.3 Å². The average Bonchev–Trinajstić information content (AvgIpc) is 3.20. The minimum Gasteiger partial charge on any atom is -0.504 e. The Bertz CT molecular complexity index is 1280. The maximum absolute atomic E-state index is 12.4. The molecule has 0 spiro atoms. The molecule has 0 bridgehead atoms. The number of hydrogen-bond acceptors (Lipinski definition) is 6. The van der Waals surface area contributed by atoms with Crippen molar-refractivity contribution >= 4 is 22.6 Å². The molecule has 1 aliphatic heterocycles. The molecule has 0 fully saturated rings. The molecule has 0 aliphatic carbocycles. The Hall–Kier alpha value is -4.07. The number of phenols is 2. The van der Waals surface area contributed by atoms with Crippen LogP contribution in [0.25, 0.3) is 16.7 Å². The van der Waals surface area contributed by atoms with Crippen molar-refractivity contribution < 1.29 is 19.7 Å². The minimum atomic E-state index is -0.390. The summed E-state index contributed by atoms with van der Waals surface area (Å²) < 4.78 is 5.18. The first-order valence-electron chi connectivity index (χ1n) is 9.40. The topological polar surface area (TPSA) is 110 Å². The number of carbonyl (C=O) groups is 1. The third kappa shape index (κ3) is 2.81. The van der Waals surface area contributed by atoms with Gasteiger partial charge < -0.3 is 20.3 Å². The number of amides is 1. The first kappa shape index (κ1) is 18.0. The van der Waals surface area contributed by atoms with Crippen LogP contribution < -0.4 is 10.1 Å². The Morgan fingerprint density at radius 2 is 1.90 bits per heavy atom. The number of aromatic nitrogens is 3. The molecular weight excluding hydrogens is 384 g/mol. The van der Waals surface area contributed by atoms with Crippen LogP contribution in [-0.2, 0) is 4.79 Å². The number of nitrogens with zero attached hydrogens (tertiary/aromatic N) is 3. The van der Waals surface area contributed by atoms with E-state index in [2.05, 4.69) is 10.4 Å². The van der Waals surface area contributed by atoms with Gasteiger partial charge in [0.1, 0.15) is 11.0 Å². The Morgan fingerprint density at radius 3 is 2.67 bits per heavy atom. The summed E-state index contributed by atoms with van der Waals surface area (Å²) in [6.07, 6.45) is 0.164. The summed E-state index contributed by atoms with van der Waals surface area (Å²) in [4.78, 5) is 13.9. The van der Waals surface area contributed by atoms with Crippen molar-refractivity contribution in [3.05, 3.63) is 65.7 Å². The van der Waals surface area contributed by atoms with Gasteiger partial charge in [0.25, 0.3) is 0 Å². The van der Waals surface area contributed by atoms with Gasteiger partial charge >= 0.3 is 0 Å². The van der Waals surface area contributed by atoms with E-state index in [9.17, 15) is 15.0 Å². The maximum Gasteiger partial charge on any atom is 0.225 e. The highest BCUT2D eigenvalue weighted by atomic mass is 16.5. The molecule has 0 radical (unpaired) electrons. The molecule has 30 heavy (non-hydrogen) atoms. The van der Waals surface area contributed by atoms with E-state index >= 15 is 0 Å². The van der Waals surface area contributed by atoms with Crippen LogP contribution in [0.5, 0.6) is 17.2 Å². The first-order chi connectivity index (χ1) is 14.5. The summed E-state index contributed by atoms with van der Waals surface area (Å²) in [7, 11) is 1.41. The quantitative estimate of drug-likeness (QED) is 0.454. The third-order valence-electron chi connectivity index (χ3n) is 5.29. The number of para-hydroxylation sites is 1. The van der Waals surface area contributed by atoms with Gasteiger partial charge in [-0.15, -0.1) is 10.2 Å². The van der Waals surface area contributed by atoms with Gasteiger partial charge in [0.05, 0.1) is 12.8 Å². The first-order valence-corrected chi connectivity index (χ1v) is 9.40. The van der Waals surface area contributed by atoms with Crippen LogP contribution in [0, 0.1) is 0 Å². The molecular formula is C22H18N4O4. The average molecular weight is 402 g/mol. The zero-order valence-corrected chi connectivity index (χ0v) is 16.0. The number of nitrogens with one attached hydrogen (secondary N) is 1. The van der Waals surface area contributed by atoms with Crippen LogP contribution in [-0.4, -0.2) is 38.2 Å². The number of anilines is 1. The maximum atomic E-state index is 12.4. The number of ether oxygens (including phenoxy) is 1. The van der Waals surface area contributed by atoms with E-state index in [4.69, 9.17) is 9.84 Å². The van der Waals surface area contributed by atoms with Crippen molar-refractivity contribution in [1.29, 1.82) is 0 Å². The van der Waals surface area contributed by atoms with Crippen LogP contribution in [0.15, 0.2) is 54.6 Å². The molecule has 2 heterocycles. The number of aromatic hydroxyl groups is 2. The lowest BCUT2D eigenvalue weighted by atomic mass is 9.83. The highest BCUT2D eigenvalue weighted by Gasteiger charge is 2.31. The molecule has 1 aliphatic rings. The molecule has 4 aromatic rings. The Morgan fingerprint density at radius 1 is 1.10 bits per heavy atom. The van der Waals surface area contributed by atoms with Gasteiger partial charge in [-0.3, -0.25) is 4.79 Å².